The second kappa shape index (κ2) is 17.7. The van der Waals surface area contributed by atoms with E-state index in [1.807, 2.05) is 18.2 Å². The van der Waals surface area contributed by atoms with Gasteiger partial charge >= 0.3 is 5.97 Å². The summed E-state index contributed by atoms with van der Waals surface area (Å²) >= 11 is 0. The van der Waals surface area contributed by atoms with Gasteiger partial charge in [-0.2, -0.15) is 0 Å². The molecule has 0 saturated carbocycles. The van der Waals surface area contributed by atoms with Crippen molar-refractivity contribution in [3.63, 3.8) is 0 Å². The number of aliphatic hydroxyl groups is 2. The second-order valence-corrected chi connectivity index (χ2v) is 9.50. The highest BCUT2D eigenvalue weighted by Gasteiger charge is 2.44. The molecule has 0 bridgehead atoms. The zero-order valence-corrected chi connectivity index (χ0v) is 22.7. The third kappa shape index (κ3) is 11.5. The molecule has 0 spiro atoms. The van der Waals surface area contributed by atoms with Gasteiger partial charge in [0.1, 0.15) is 0 Å². The van der Waals surface area contributed by atoms with Gasteiger partial charge in [0, 0.05) is 0 Å². The molecule has 40 heavy (non-hydrogen) atoms. The van der Waals surface area contributed by atoms with Crippen molar-refractivity contribution >= 4 is 29.6 Å². The molecule has 0 aromatic rings. The first-order chi connectivity index (χ1) is 19.2. The van der Waals surface area contributed by atoms with Gasteiger partial charge in [-0.25, -0.2) is 0 Å². The van der Waals surface area contributed by atoms with Crippen molar-refractivity contribution in [1.29, 1.82) is 0 Å². The molecule has 2 rings (SSSR count). The van der Waals surface area contributed by atoms with E-state index in [4.69, 9.17) is 4.74 Å². The van der Waals surface area contributed by atoms with Crippen LogP contribution in [0.15, 0.2) is 48.6 Å². The van der Waals surface area contributed by atoms with Crippen LogP contribution in [-0.2, 0) is 28.7 Å². The number of carbonyl (C=O) groups is 5. The first-order valence-corrected chi connectivity index (χ1v) is 13.6. The zero-order valence-electron chi connectivity index (χ0n) is 22.7. The molecule has 2 aliphatic rings. The Bertz CT molecular complexity index is 1010. The van der Waals surface area contributed by atoms with Crippen molar-refractivity contribution in [3.8, 4) is 0 Å². The molecule has 5 unspecified atom stereocenters. The first-order valence-electron chi connectivity index (χ1n) is 13.6. The summed E-state index contributed by atoms with van der Waals surface area (Å²) < 4.78 is 5.00. The number of allylic oxidation sites excluding steroid dienone is 7. The molecule has 2 heterocycles. The fourth-order valence-electron chi connectivity index (χ4n) is 3.99. The summed E-state index contributed by atoms with van der Waals surface area (Å²) in [6, 6.07) is -2.18. The Morgan fingerprint density at radius 3 is 2.20 bits per heavy atom. The summed E-state index contributed by atoms with van der Waals surface area (Å²) in [7, 11) is 0. The van der Waals surface area contributed by atoms with Crippen LogP contribution >= 0.6 is 0 Å². The molecule has 6 N–H and O–H groups in total. The Hall–Kier alpha value is -3.77. The predicted molar refractivity (Wildman–Crippen MR) is 146 cm³/mol. The lowest BCUT2D eigenvalue weighted by Crippen LogP contribution is -2.56. The topological polar surface area (TPSA) is 183 Å². The standard InChI is InChI=1S/C28H40N4O8/c1-2-3-4-5-6-7-8-9-10-11-12-13-14-15-19-24(36)28(39)32-20-16-23(35)40-26(20)25(37)27(38)30-17-21(33)29-18-22(34)31-19/h5-6,9-14,19-20,24-26,36-37H,2-4,7-8,15-18H2,1H3,(H,29,33)(H,30,38)(H,31,34)(H,32,39). The maximum atomic E-state index is 12.8. The van der Waals surface area contributed by atoms with Gasteiger partial charge in [-0.1, -0.05) is 68.4 Å². The fourth-order valence-corrected chi connectivity index (χ4v) is 3.99. The minimum absolute atomic E-state index is 0.0665. The number of esters is 1. The molecule has 12 heteroatoms. The summed E-state index contributed by atoms with van der Waals surface area (Å²) in [4.78, 5) is 61.2. The van der Waals surface area contributed by atoms with Gasteiger partial charge in [-0.15, -0.1) is 0 Å². The highest BCUT2D eigenvalue weighted by molar-refractivity contribution is 5.91. The number of hydrogen-bond donors (Lipinski definition) is 6. The van der Waals surface area contributed by atoms with Crippen molar-refractivity contribution in [3.05, 3.63) is 48.6 Å². The minimum Gasteiger partial charge on any atom is -0.457 e. The Morgan fingerprint density at radius 1 is 0.775 bits per heavy atom. The van der Waals surface area contributed by atoms with Gasteiger partial charge in [0.2, 0.25) is 11.8 Å². The summed E-state index contributed by atoms with van der Waals surface area (Å²) in [6.45, 7) is 1.16. The number of amides is 4. The van der Waals surface area contributed by atoms with Crippen molar-refractivity contribution in [2.45, 2.75) is 82.3 Å². The molecule has 12 nitrogen and oxygen atoms in total. The van der Waals surface area contributed by atoms with E-state index >= 15 is 0 Å². The highest BCUT2D eigenvalue weighted by Crippen LogP contribution is 2.19. The smallest absolute Gasteiger partial charge is 0.308 e. The lowest BCUT2D eigenvalue weighted by Gasteiger charge is -2.26. The number of hydrogen-bond acceptors (Lipinski definition) is 8. The van der Waals surface area contributed by atoms with Crippen LogP contribution in [0.4, 0.5) is 0 Å². The molecule has 0 aliphatic carbocycles. The van der Waals surface area contributed by atoms with E-state index in [9.17, 15) is 34.2 Å². The van der Waals surface area contributed by atoms with Crippen LogP contribution in [0, 0.1) is 0 Å². The van der Waals surface area contributed by atoms with Crippen LogP contribution in [0.3, 0.4) is 0 Å². The van der Waals surface area contributed by atoms with Gasteiger partial charge in [-0.05, 0) is 25.7 Å². The van der Waals surface area contributed by atoms with Crippen molar-refractivity contribution in [1.82, 2.24) is 21.3 Å². The molecule has 220 valence electrons. The van der Waals surface area contributed by atoms with Crippen LogP contribution in [0.2, 0.25) is 0 Å². The van der Waals surface area contributed by atoms with Crippen LogP contribution < -0.4 is 21.3 Å². The third-order valence-corrected chi connectivity index (χ3v) is 6.21. The molecule has 0 aromatic carbocycles. The number of nitrogens with one attached hydrogen (secondary N) is 4. The van der Waals surface area contributed by atoms with E-state index in [1.54, 1.807) is 18.2 Å². The number of ether oxygens (including phenoxy) is 1. The molecule has 4 amide bonds. The van der Waals surface area contributed by atoms with Crippen molar-refractivity contribution in [2.24, 2.45) is 0 Å². The minimum atomic E-state index is -1.87. The van der Waals surface area contributed by atoms with E-state index in [2.05, 4.69) is 40.3 Å². The third-order valence-electron chi connectivity index (χ3n) is 6.21. The maximum absolute atomic E-state index is 12.8. The summed E-state index contributed by atoms with van der Waals surface area (Å²) in [5.41, 5.74) is 0. The van der Waals surface area contributed by atoms with Crippen LogP contribution in [0.25, 0.3) is 0 Å². The summed E-state index contributed by atoms with van der Waals surface area (Å²) in [6.07, 6.45) is 15.4. The van der Waals surface area contributed by atoms with E-state index in [1.165, 1.54) is 12.8 Å². The van der Waals surface area contributed by atoms with Crippen LogP contribution in [-0.4, -0.2) is 83.3 Å². The monoisotopic (exact) mass is 560 g/mol. The zero-order chi connectivity index (χ0) is 29.3. The summed E-state index contributed by atoms with van der Waals surface area (Å²) in [5, 5.41) is 30.5. The molecular formula is C28H40N4O8. The largest absolute Gasteiger partial charge is 0.457 e. The summed E-state index contributed by atoms with van der Waals surface area (Å²) in [5.74, 6) is -4.06. The van der Waals surface area contributed by atoms with Crippen molar-refractivity contribution in [2.75, 3.05) is 13.1 Å². The second-order valence-electron chi connectivity index (χ2n) is 9.50. The van der Waals surface area contributed by atoms with Crippen LogP contribution in [0.1, 0.15) is 51.9 Å². The molecular weight excluding hydrogens is 520 g/mol. The van der Waals surface area contributed by atoms with E-state index in [0.717, 1.165) is 19.3 Å². The molecule has 0 radical (unpaired) electrons. The van der Waals surface area contributed by atoms with Gasteiger partial charge in [0.15, 0.2) is 18.3 Å². The number of unbranched alkanes of at least 4 members (excludes halogenated alkanes) is 3. The van der Waals surface area contributed by atoms with Crippen LogP contribution in [0.5, 0.6) is 0 Å². The van der Waals surface area contributed by atoms with Gasteiger partial charge in [-0.3, -0.25) is 24.0 Å². The molecule has 2 saturated heterocycles. The normalized spacial score (nSPS) is 27.3. The van der Waals surface area contributed by atoms with Crippen molar-refractivity contribution < 1.29 is 38.9 Å². The fraction of sp³-hybridized carbons (Fsp3) is 0.536. The van der Waals surface area contributed by atoms with E-state index in [0.29, 0.717) is 0 Å². The Labute approximate surface area is 234 Å². The molecule has 0 aromatic heterocycles. The lowest BCUT2D eigenvalue weighted by molar-refractivity contribution is -0.151. The Morgan fingerprint density at radius 2 is 1.45 bits per heavy atom. The first kappa shape index (κ1) is 32.4. The van der Waals surface area contributed by atoms with Gasteiger partial charge in [0.25, 0.3) is 11.8 Å². The molecule has 5 atom stereocenters. The quantitative estimate of drug-likeness (QED) is 0.0920. The van der Waals surface area contributed by atoms with E-state index < -0.39 is 73.1 Å². The number of aliphatic hydroxyl groups excluding tert-OH is 2. The SMILES string of the molecule is CCCCC=CCCC=CC=CC=CCC1NC(=O)CNC(=O)CNC(=O)C(O)C2OC(=O)CC2NC(=O)C1O. The molecule has 2 aliphatic heterocycles. The number of carbonyl (C=O) groups excluding carboxylic acids is 5. The predicted octanol–water partition coefficient (Wildman–Crippen LogP) is -0.175. The number of rotatable bonds is 10. The Balaban J connectivity index is 2.01. The maximum Gasteiger partial charge on any atom is 0.308 e. The van der Waals surface area contributed by atoms with Gasteiger partial charge in [0.05, 0.1) is 31.6 Å². The average molecular weight is 561 g/mol. The molecule has 2 fully saturated rings. The highest BCUT2D eigenvalue weighted by atomic mass is 16.6. The Kier molecular flexibility index (Phi) is 14.4. The lowest BCUT2D eigenvalue weighted by atomic mass is 10.0. The average Bonchev–Trinajstić information content (AvgIpc) is 3.30. The van der Waals surface area contributed by atoms with Gasteiger partial charge < -0.3 is 36.2 Å². The van der Waals surface area contributed by atoms with E-state index in [-0.39, 0.29) is 12.8 Å². The number of fused-ring (bicyclic) bond motifs is 1.